The van der Waals surface area contributed by atoms with Crippen molar-refractivity contribution in [3.63, 3.8) is 0 Å². The molecule has 2 aliphatic rings. The molecule has 0 radical (unpaired) electrons. The fraction of sp³-hybridized carbons (Fsp3) is 0.125. The molecule has 0 atom stereocenters. The van der Waals surface area contributed by atoms with Crippen LogP contribution in [-0.2, 0) is 18.0 Å². The number of rotatable bonds is 4. The first-order valence-corrected chi connectivity index (χ1v) is 9.93. The van der Waals surface area contributed by atoms with Gasteiger partial charge in [0.15, 0.2) is 12.6 Å². The molecule has 0 saturated carbocycles. The van der Waals surface area contributed by atoms with Crippen LogP contribution in [0, 0.1) is 5.82 Å². The van der Waals surface area contributed by atoms with Gasteiger partial charge in [0.25, 0.3) is 0 Å². The van der Waals surface area contributed by atoms with E-state index in [4.69, 9.17) is 30.5 Å². The highest BCUT2D eigenvalue weighted by molar-refractivity contribution is 6.30. The number of Topliss-reactive ketones (excluding diaryl/α,β-unsaturated/α-hetero) is 1. The highest BCUT2D eigenvalue weighted by atomic mass is 35.5. The molecule has 0 aliphatic carbocycles. The van der Waals surface area contributed by atoms with E-state index in [1.165, 1.54) is 18.2 Å². The molecule has 0 N–H and O–H groups in total. The molecular weight excluding hydrogens is 423 g/mol. The molecule has 0 aromatic heterocycles. The Balaban J connectivity index is 1.35. The first kappa shape index (κ1) is 19.6. The molecule has 156 valence electrons. The van der Waals surface area contributed by atoms with Crippen LogP contribution in [0.2, 0.25) is 5.02 Å². The van der Waals surface area contributed by atoms with Gasteiger partial charge in [0.05, 0.1) is 12.2 Å². The number of allylic oxidation sites excluding steroid dienone is 1. The molecule has 0 saturated heterocycles. The lowest BCUT2D eigenvalue weighted by Crippen LogP contribution is -2.14. The zero-order valence-electron chi connectivity index (χ0n) is 16.2. The maximum absolute atomic E-state index is 13.4. The lowest BCUT2D eigenvalue weighted by Gasteiger charge is -2.21. The fourth-order valence-electron chi connectivity index (χ4n) is 3.53. The average molecular weight is 439 g/mol. The molecule has 3 aromatic carbocycles. The van der Waals surface area contributed by atoms with E-state index in [-0.39, 0.29) is 30.8 Å². The van der Waals surface area contributed by atoms with Crippen LogP contribution in [-0.4, -0.2) is 12.6 Å². The Kier molecular flexibility index (Phi) is 5.10. The molecule has 7 heteroatoms. The van der Waals surface area contributed by atoms with Gasteiger partial charge in [0, 0.05) is 22.2 Å². The Bertz CT molecular complexity index is 1220. The minimum atomic E-state index is -0.383. The standard InChI is InChI=1S/C24H16ClFO5/c25-17-8-15-11-28-13-30-24(15)16(9-17)12-29-19-4-5-20-21(10-19)31-22(23(20)27)7-14-2-1-3-18(26)6-14/h1-10H,11-13H2/b22-7-. The topological polar surface area (TPSA) is 54.0 Å². The van der Waals surface area contributed by atoms with Crippen molar-refractivity contribution in [2.75, 3.05) is 6.79 Å². The summed E-state index contributed by atoms with van der Waals surface area (Å²) >= 11 is 6.19. The Labute approximate surface area is 182 Å². The van der Waals surface area contributed by atoms with Crippen LogP contribution < -0.4 is 14.2 Å². The van der Waals surface area contributed by atoms with Crippen LogP contribution in [0.15, 0.2) is 60.4 Å². The van der Waals surface area contributed by atoms with Gasteiger partial charge in [-0.2, -0.15) is 0 Å². The third-order valence-electron chi connectivity index (χ3n) is 4.93. The van der Waals surface area contributed by atoms with Gasteiger partial charge >= 0.3 is 0 Å². The summed E-state index contributed by atoms with van der Waals surface area (Å²) < 4.78 is 35.9. The normalized spacial score (nSPS) is 15.8. The minimum absolute atomic E-state index is 0.134. The maximum atomic E-state index is 13.4. The van der Waals surface area contributed by atoms with Crippen LogP contribution in [0.1, 0.15) is 27.0 Å². The average Bonchev–Trinajstić information content (AvgIpc) is 3.06. The number of carbonyl (C=O) groups is 1. The zero-order valence-corrected chi connectivity index (χ0v) is 16.9. The number of ether oxygens (including phenoxy) is 4. The van der Waals surface area contributed by atoms with E-state index in [9.17, 15) is 9.18 Å². The number of halogens is 2. The SMILES string of the molecule is O=C1/C(=C/c2cccc(F)c2)Oc2cc(OCc3cc(Cl)cc4c3OCOC4)ccc21. The molecule has 5 rings (SSSR count). The van der Waals surface area contributed by atoms with E-state index in [1.807, 2.05) is 0 Å². The molecule has 0 bridgehead atoms. The van der Waals surface area contributed by atoms with E-state index in [0.717, 1.165) is 11.1 Å². The molecule has 3 aromatic rings. The van der Waals surface area contributed by atoms with Gasteiger partial charge in [-0.3, -0.25) is 4.79 Å². The van der Waals surface area contributed by atoms with Crippen LogP contribution in [0.4, 0.5) is 4.39 Å². The van der Waals surface area contributed by atoms with Crippen LogP contribution >= 0.6 is 11.6 Å². The van der Waals surface area contributed by atoms with Gasteiger partial charge in [-0.25, -0.2) is 4.39 Å². The van der Waals surface area contributed by atoms with Crippen molar-refractivity contribution in [1.29, 1.82) is 0 Å². The van der Waals surface area contributed by atoms with Crippen molar-refractivity contribution >= 4 is 23.5 Å². The number of fused-ring (bicyclic) bond motifs is 2. The smallest absolute Gasteiger partial charge is 0.231 e. The Morgan fingerprint density at radius 3 is 2.90 bits per heavy atom. The van der Waals surface area contributed by atoms with E-state index in [0.29, 0.717) is 40.0 Å². The quantitative estimate of drug-likeness (QED) is 0.500. The van der Waals surface area contributed by atoms with Gasteiger partial charge in [-0.15, -0.1) is 0 Å². The lowest BCUT2D eigenvalue weighted by molar-refractivity contribution is -0.0175. The number of hydrogen-bond acceptors (Lipinski definition) is 5. The van der Waals surface area contributed by atoms with Gasteiger partial charge < -0.3 is 18.9 Å². The van der Waals surface area contributed by atoms with E-state index in [1.54, 1.807) is 42.5 Å². The first-order valence-electron chi connectivity index (χ1n) is 9.55. The van der Waals surface area contributed by atoms with Gasteiger partial charge in [0.2, 0.25) is 5.78 Å². The van der Waals surface area contributed by atoms with Crippen molar-refractivity contribution in [3.05, 3.63) is 93.5 Å². The summed E-state index contributed by atoms with van der Waals surface area (Å²) in [5.74, 6) is 1.12. The third-order valence-corrected chi connectivity index (χ3v) is 5.15. The third kappa shape index (κ3) is 4.00. The summed E-state index contributed by atoms with van der Waals surface area (Å²) in [6.45, 7) is 0.830. The molecular formula is C24H16ClFO5. The Hall–Kier alpha value is -3.35. The number of hydrogen-bond donors (Lipinski definition) is 0. The highest BCUT2D eigenvalue weighted by Crippen LogP contribution is 2.36. The number of benzene rings is 3. The van der Waals surface area contributed by atoms with Crippen molar-refractivity contribution in [2.45, 2.75) is 13.2 Å². The Morgan fingerprint density at radius 1 is 1.13 bits per heavy atom. The van der Waals surface area contributed by atoms with Gasteiger partial charge in [-0.1, -0.05) is 23.7 Å². The predicted octanol–water partition coefficient (Wildman–Crippen LogP) is 5.54. The summed E-state index contributed by atoms with van der Waals surface area (Å²) in [5, 5.41) is 0.571. The van der Waals surface area contributed by atoms with E-state index < -0.39 is 0 Å². The molecule has 0 amide bonds. The molecule has 31 heavy (non-hydrogen) atoms. The maximum Gasteiger partial charge on any atom is 0.231 e. The molecule has 0 unspecified atom stereocenters. The van der Waals surface area contributed by atoms with E-state index >= 15 is 0 Å². The summed E-state index contributed by atoms with van der Waals surface area (Å²) in [5.41, 5.74) is 2.64. The van der Waals surface area contributed by atoms with E-state index in [2.05, 4.69) is 0 Å². The van der Waals surface area contributed by atoms with Crippen LogP contribution in [0.5, 0.6) is 17.2 Å². The molecule has 2 aliphatic heterocycles. The van der Waals surface area contributed by atoms with Crippen molar-refractivity contribution in [2.24, 2.45) is 0 Å². The molecule has 0 spiro atoms. The summed E-state index contributed by atoms with van der Waals surface area (Å²) in [6, 6.07) is 14.5. The number of carbonyl (C=O) groups excluding carboxylic acids is 1. The van der Waals surface area contributed by atoms with Gasteiger partial charge in [0.1, 0.15) is 29.7 Å². The first-order chi connectivity index (χ1) is 15.1. The second-order valence-electron chi connectivity index (χ2n) is 7.11. The zero-order chi connectivity index (χ0) is 21.4. The Morgan fingerprint density at radius 2 is 2.03 bits per heavy atom. The monoisotopic (exact) mass is 438 g/mol. The largest absolute Gasteiger partial charge is 0.489 e. The van der Waals surface area contributed by atoms with Crippen molar-refractivity contribution in [3.8, 4) is 17.2 Å². The molecule has 0 fully saturated rings. The summed E-state index contributed by atoms with van der Waals surface area (Å²) in [6.07, 6.45) is 1.52. The highest BCUT2D eigenvalue weighted by Gasteiger charge is 2.28. The molecule has 2 heterocycles. The lowest BCUT2D eigenvalue weighted by atomic mass is 10.1. The number of ketones is 1. The van der Waals surface area contributed by atoms with Crippen molar-refractivity contribution < 1.29 is 28.1 Å². The summed E-state index contributed by atoms with van der Waals surface area (Å²) in [7, 11) is 0. The van der Waals surface area contributed by atoms with Crippen LogP contribution in [0.3, 0.4) is 0 Å². The second-order valence-corrected chi connectivity index (χ2v) is 7.54. The van der Waals surface area contributed by atoms with Gasteiger partial charge in [-0.05, 0) is 48.0 Å². The fourth-order valence-corrected chi connectivity index (χ4v) is 3.79. The minimum Gasteiger partial charge on any atom is -0.489 e. The van der Waals surface area contributed by atoms with Crippen LogP contribution in [0.25, 0.3) is 6.08 Å². The predicted molar refractivity (Wildman–Crippen MR) is 112 cm³/mol. The summed E-state index contributed by atoms with van der Waals surface area (Å²) in [4.78, 5) is 12.6. The second kappa shape index (κ2) is 8.06. The van der Waals surface area contributed by atoms with Crippen molar-refractivity contribution in [1.82, 2.24) is 0 Å². The molecule has 5 nitrogen and oxygen atoms in total.